The van der Waals surface area contributed by atoms with Crippen LogP contribution >= 0.6 is 34.8 Å². The van der Waals surface area contributed by atoms with Gasteiger partial charge in [0.25, 0.3) is 0 Å². The summed E-state index contributed by atoms with van der Waals surface area (Å²) in [4.78, 5) is 41.1. The summed E-state index contributed by atoms with van der Waals surface area (Å²) in [5, 5.41) is 1.02. The van der Waals surface area contributed by atoms with Gasteiger partial charge in [0.15, 0.2) is 0 Å². The number of hydrogen-bond acceptors (Lipinski definition) is 7. The molecule has 1 unspecified atom stereocenters. The number of sulfonamides is 1. The third-order valence-electron chi connectivity index (χ3n) is 10.7. The minimum absolute atomic E-state index is 0.0408. The van der Waals surface area contributed by atoms with Crippen LogP contribution < -0.4 is 9.46 Å². The smallest absolute Gasteiger partial charge is 0.326 e. The summed E-state index contributed by atoms with van der Waals surface area (Å²) in [5.74, 6) is 0.583. The summed E-state index contributed by atoms with van der Waals surface area (Å²) < 4.78 is 36.6. The lowest BCUT2D eigenvalue weighted by atomic mass is 9.71. The molecule has 0 spiro atoms. The summed E-state index contributed by atoms with van der Waals surface area (Å²) >= 11 is 19.5. The van der Waals surface area contributed by atoms with Gasteiger partial charge in [0.1, 0.15) is 27.6 Å². The number of urea groups is 1. The molecule has 3 aliphatic rings. The second kappa shape index (κ2) is 15.9. The normalized spacial score (nSPS) is 22.3. The molecule has 2 atom stereocenters. The Hall–Kier alpha value is -3.39. The van der Waals surface area contributed by atoms with Crippen LogP contribution in [-0.4, -0.2) is 104 Å². The zero-order valence-corrected chi connectivity index (χ0v) is 35.2. The molecule has 0 aromatic heterocycles. The Balaban J connectivity index is 1.52. The molecule has 3 aromatic carbocycles. The molecule has 55 heavy (non-hydrogen) atoms. The van der Waals surface area contributed by atoms with Crippen molar-refractivity contribution < 1.29 is 22.7 Å². The van der Waals surface area contributed by atoms with Crippen molar-refractivity contribution >= 4 is 62.6 Å². The number of likely N-dealkylation sites (tertiary alicyclic amines) is 1. The van der Waals surface area contributed by atoms with E-state index in [0.717, 1.165) is 37.1 Å². The lowest BCUT2D eigenvalue weighted by molar-refractivity contribution is -0.131. The monoisotopic (exact) mass is 830 g/mol. The predicted octanol–water partition coefficient (Wildman–Crippen LogP) is 7.38. The largest absolute Gasteiger partial charge is 0.493 e. The molecule has 3 aliphatic heterocycles. The van der Waals surface area contributed by atoms with Crippen LogP contribution in [0.5, 0.6) is 5.75 Å². The van der Waals surface area contributed by atoms with E-state index in [1.54, 1.807) is 54.8 Å². The molecule has 296 valence electrons. The maximum atomic E-state index is 15.4. The fourth-order valence-corrected chi connectivity index (χ4v) is 9.93. The minimum Gasteiger partial charge on any atom is -0.493 e. The van der Waals surface area contributed by atoms with Gasteiger partial charge in [-0.15, -0.1) is 0 Å². The first-order valence-corrected chi connectivity index (χ1v) is 21.2. The second-order valence-corrected chi connectivity index (χ2v) is 18.6. The topological polar surface area (TPSA) is 115 Å². The van der Waals surface area contributed by atoms with Crippen molar-refractivity contribution in [2.75, 3.05) is 52.4 Å². The molecular formula is C40H49Cl3N6O5S. The molecule has 1 N–H and O–H groups in total. The number of halogens is 3. The van der Waals surface area contributed by atoms with E-state index in [-0.39, 0.29) is 45.6 Å². The van der Waals surface area contributed by atoms with Gasteiger partial charge >= 0.3 is 6.03 Å². The highest BCUT2D eigenvalue weighted by atomic mass is 35.5. The first kappa shape index (κ1) is 41.2. The van der Waals surface area contributed by atoms with E-state index in [1.165, 1.54) is 12.1 Å². The molecule has 2 saturated heterocycles. The Morgan fingerprint density at radius 3 is 1.95 bits per heavy atom. The number of nitrogens with one attached hydrogen (secondary N) is 1. The number of rotatable bonds is 9. The van der Waals surface area contributed by atoms with Gasteiger partial charge in [-0.25, -0.2) is 17.9 Å². The number of carbonyl (C=O) groups is 2. The Morgan fingerprint density at radius 1 is 0.836 bits per heavy atom. The lowest BCUT2D eigenvalue weighted by Gasteiger charge is -2.47. The molecule has 2 fully saturated rings. The molecule has 0 bridgehead atoms. The van der Waals surface area contributed by atoms with E-state index < -0.39 is 26.6 Å². The standard InChI is InChI=1S/C40H49Cl3N6O5S/c1-7-54-33-25-32(43)34(55(52,53)45-38(2,3)4)24-31(33)36-44-39(5,27-10-14-29(41)15-11-27)40(6,28-12-16-30(42)17-13-28)49(36)37(51)48-22-20-46(21-23-48)26-35(50)47-18-8-9-19-47/h10-17,24-25,45H,7-9,18-23,26H2,1-6H3/t39-,40?/m0/s1. The SMILES string of the molecule is CCOc1cc(Cl)c(S(=O)(=O)NC(C)(C)C)cc1C1=N[C@@](C)(c2ccc(Cl)cc2)C(C)(c2ccc(Cl)cc2)N1C(=O)N1CCN(CC(=O)N2CCCC2)CC1. The van der Waals surface area contributed by atoms with E-state index in [4.69, 9.17) is 44.5 Å². The van der Waals surface area contributed by atoms with Gasteiger partial charge in [0.2, 0.25) is 15.9 Å². The van der Waals surface area contributed by atoms with E-state index in [2.05, 4.69) is 9.62 Å². The average Bonchev–Trinajstić information content (AvgIpc) is 3.74. The maximum Gasteiger partial charge on any atom is 0.326 e. The van der Waals surface area contributed by atoms with Crippen LogP contribution in [0, 0.1) is 0 Å². The van der Waals surface area contributed by atoms with Crippen LogP contribution in [0.15, 0.2) is 70.6 Å². The molecule has 6 rings (SSSR count). The van der Waals surface area contributed by atoms with Crippen LogP contribution in [0.3, 0.4) is 0 Å². The first-order chi connectivity index (χ1) is 25.9. The quantitative estimate of drug-likeness (QED) is 0.241. The van der Waals surface area contributed by atoms with Gasteiger partial charge in [-0.3, -0.25) is 19.6 Å². The van der Waals surface area contributed by atoms with Gasteiger partial charge in [-0.05, 0) is 95.8 Å². The molecule has 0 saturated carbocycles. The summed E-state index contributed by atoms with van der Waals surface area (Å²) in [6.45, 7) is 14.8. The zero-order chi connectivity index (χ0) is 39.9. The third kappa shape index (κ3) is 8.22. The van der Waals surface area contributed by atoms with Crippen molar-refractivity contribution in [3.8, 4) is 5.75 Å². The minimum atomic E-state index is -4.16. The number of amidine groups is 1. The molecule has 3 amide bonds. The van der Waals surface area contributed by atoms with Crippen LogP contribution in [0.1, 0.15) is 71.1 Å². The van der Waals surface area contributed by atoms with Crippen molar-refractivity contribution in [3.05, 3.63) is 92.4 Å². The number of piperazine rings is 1. The molecule has 0 radical (unpaired) electrons. The Kier molecular flexibility index (Phi) is 11.9. The first-order valence-electron chi connectivity index (χ1n) is 18.6. The van der Waals surface area contributed by atoms with Crippen molar-refractivity contribution in [1.29, 1.82) is 0 Å². The fourth-order valence-electron chi connectivity index (χ4n) is 7.71. The third-order valence-corrected chi connectivity index (χ3v) is 13.4. The van der Waals surface area contributed by atoms with Crippen LogP contribution in [0.2, 0.25) is 15.1 Å². The van der Waals surface area contributed by atoms with Crippen LogP contribution in [0.25, 0.3) is 0 Å². The number of ether oxygens (including phenoxy) is 1. The number of hydrogen-bond donors (Lipinski definition) is 1. The van der Waals surface area contributed by atoms with Crippen LogP contribution in [-0.2, 0) is 25.9 Å². The highest BCUT2D eigenvalue weighted by molar-refractivity contribution is 7.89. The fraction of sp³-hybridized carbons (Fsp3) is 0.475. The number of carbonyl (C=O) groups excluding carboxylic acids is 2. The average molecular weight is 832 g/mol. The van der Waals surface area contributed by atoms with Gasteiger partial charge in [-0.1, -0.05) is 59.1 Å². The number of nitrogens with zero attached hydrogens (tertiary/aromatic N) is 5. The van der Waals surface area contributed by atoms with Crippen molar-refractivity contribution in [2.45, 2.75) is 75.9 Å². The molecule has 3 aromatic rings. The molecular weight excluding hydrogens is 783 g/mol. The van der Waals surface area contributed by atoms with E-state index in [0.29, 0.717) is 42.8 Å². The van der Waals surface area contributed by atoms with Crippen LogP contribution in [0.4, 0.5) is 4.79 Å². The summed E-state index contributed by atoms with van der Waals surface area (Å²) in [7, 11) is -4.16. The van der Waals surface area contributed by atoms with Crippen molar-refractivity contribution in [2.24, 2.45) is 4.99 Å². The maximum absolute atomic E-state index is 15.4. The van der Waals surface area contributed by atoms with E-state index >= 15 is 4.79 Å². The Bertz CT molecular complexity index is 2060. The lowest BCUT2D eigenvalue weighted by Crippen LogP contribution is -2.61. The molecule has 11 nitrogen and oxygen atoms in total. The molecule has 0 aliphatic carbocycles. The van der Waals surface area contributed by atoms with E-state index in [1.807, 2.05) is 49.9 Å². The summed E-state index contributed by atoms with van der Waals surface area (Å²) in [6.07, 6.45) is 2.04. The molecule has 15 heteroatoms. The van der Waals surface area contributed by atoms with Crippen molar-refractivity contribution in [3.63, 3.8) is 0 Å². The van der Waals surface area contributed by atoms with E-state index in [9.17, 15) is 13.2 Å². The summed E-state index contributed by atoms with van der Waals surface area (Å²) in [6, 6.07) is 17.2. The predicted molar refractivity (Wildman–Crippen MR) is 218 cm³/mol. The highest BCUT2D eigenvalue weighted by Crippen LogP contribution is 2.54. The molecule has 3 heterocycles. The highest BCUT2D eigenvalue weighted by Gasteiger charge is 2.60. The number of amides is 3. The van der Waals surface area contributed by atoms with Gasteiger partial charge in [0.05, 0.1) is 23.7 Å². The van der Waals surface area contributed by atoms with Gasteiger partial charge in [0, 0.05) is 60.9 Å². The zero-order valence-electron chi connectivity index (χ0n) is 32.2. The van der Waals surface area contributed by atoms with Gasteiger partial charge < -0.3 is 14.5 Å². The number of aliphatic imine (C=N–C) groups is 1. The Morgan fingerprint density at radius 2 is 1.40 bits per heavy atom. The Labute approximate surface area is 339 Å². The van der Waals surface area contributed by atoms with Gasteiger partial charge in [-0.2, -0.15) is 0 Å². The van der Waals surface area contributed by atoms with Crippen molar-refractivity contribution in [1.82, 2.24) is 24.3 Å². The summed E-state index contributed by atoms with van der Waals surface area (Å²) in [5.41, 5.74) is -1.40. The number of benzene rings is 3. The second-order valence-electron chi connectivity index (χ2n) is 15.6.